The van der Waals surface area contributed by atoms with Gasteiger partial charge in [-0.3, -0.25) is 4.79 Å². The number of ether oxygens (including phenoxy) is 1. The second-order valence-electron chi connectivity index (χ2n) is 5.80. The third-order valence-corrected chi connectivity index (χ3v) is 4.09. The van der Waals surface area contributed by atoms with Crippen molar-refractivity contribution < 1.29 is 14.1 Å². The van der Waals surface area contributed by atoms with Crippen molar-refractivity contribution in [1.82, 2.24) is 15.0 Å². The molecular weight excluding hydrogens is 272 g/mol. The first-order valence-corrected chi connectivity index (χ1v) is 7.36. The maximum Gasteiger partial charge on any atom is 0.246 e. The summed E-state index contributed by atoms with van der Waals surface area (Å²) in [6.45, 7) is 2.10. The number of carbonyl (C=O) groups is 1. The molecule has 2 N–H and O–H groups in total. The number of nitrogens with two attached hydrogens (primary N) is 1. The van der Waals surface area contributed by atoms with Gasteiger partial charge in [0.15, 0.2) is 5.82 Å². The molecule has 0 bridgehead atoms. The zero-order valence-electron chi connectivity index (χ0n) is 13.0. The number of hydrogen-bond donors (Lipinski definition) is 1. The maximum atomic E-state index is 12.5. The summed E-state index contributed by atoms with van der Waals surface area (Å²) in [5, 5.41) is 3.85. The molecule has 0 spiro atoms. The Morgan fingerprint density at radius 2 is 2.14 bits per heavy atom. The molecule has 0 aromatic carbocycles. The third kappa shape index (κ3) is 3.59. The van der Waals surface area contributed by atoms with E-state index in [0.717, 1.165) is 32.1 Å². The van der Waals surface area contributed by atoms with Crippen LogP contribution in [0, 0.1) is 0 Å². The molecule has 7 heteroatoms. The Bertz CT molecular complexity index is 482. The zero-order valence-corrected chi connectivity index (χ0v) is 13.0. The van der Waals surface area contributed by atoms with E-state index in [1.54, 1.807) is 19.1 Å². The van der Waals surface area contributed by atoms with E-state index in [1.807, 2.05) is 6.92 Å². The summed E-state index contributed by atoms with van der Waals surface area (Å²) in [6.07, 6.45) is 4.41. The van der Waals surface area contributed by atoms with Crippen molar-refractivity contribution in [2.24, 2.45) is 5.73 Å². The van der Waals surface area contributed by atoms with Crippen molar-refractivity contribution in [1.29, 1.82) is 0 Å². The highest BCUT2D eigenvalue weighted by Crippen LogP contribution is 2.27. The van der Waals surface area contributed by atoms with Gasteiger partial charge < -0.3 is 19.9 Å². The van der Waals surface area contributed by atoms with Crippen LogP contribution in [0.4, 0.5) is 0 Å². The molecule has 1 aliphatic rings. The van der Waals surface area contributed by atoms with Crippen LogP contribution in [0.3, 0.4) is 0 Å². The van der Waals surface area contributed by atoms with E-state index in [1.165, 1.54) is 0 Å². The number of carbonyl (C=O) groups excluding carboxylic acids is 1. The van der Waals surface area contributed by atoms with E-state index in [9.17, 15) is 4.79 Å². The Morgan fingerprint density at radius 3 is 2.76 bits per heavy atom. The average molecular weight is 296 g/mol. The van der Waals surface area contributed by atoms with Crippen molar-refractivity contribution in [2.75, 3.05) is 14.2 Å². The van der Waals surface area contributed by atoms with Gasteiger partial charge in [-0.2, -0.15) is 4.98 Å². The molecule has 1 unspecified atom stereocenters. The van der Waals surface area contributed by atoms with Crippen LogP contribution in [0.1, 0.15) is 56.8 Å². The van der Waals surface area contributed by atoms with Gasteiger partial charge in [-0.05, 0) is 19.8 Å². The highest BCUT2D eigenvalue weighted by molar-refractivity contribution is 5.85. The van der Waals surface area contributed by atoms with Crippen molar-refractivity contribution in [3.63, 3.8) is 0 Å². The largest absolute Gasteiger partial charge is 0.374 e. The van der Waals surface area contributed by atoms with Gasteiger partial charge in [-0.15, -0.1) is 0 Å². The van der Waals surface area contributed by atoms with Crippen molar-refractivity contribution >= 4 is 5.91 Å². The fourth-order valence-corrected chi connectivity index (χ4v) is 2.65. The summed E-state index contributed by atoms with van der Waals surface area (Å²) >= 11 is 0. The predicted molar refractivity (Wildman–Crippen MR) is 76.2 cm³/mol. The number of likely N-dealkylation sites (N-methyl/N-ethyl adjacent to an activating group) is 1. The monoisotopic (exact) mass is 296 g/mol. The fraction of sp³-hybridized carbons (Fsp3) is 0.786. The lowest BCUT2D eigenvalue weighted by molar-refractivity contribution is -0.137. The fourth-order valence-electron chi connectivity index (χ4n) is 2.65. The van der Waals surface area contributed by atoms with E-state index >= 15 is 0 Å². The Balaban J connectivity index is 1.98. The van der Waals surface area contributed by atoms with Crippen LogP contribution >= 0.6 is 0 Å². The van der Waals surface area contributed by atoms with E-state index in [-0.39, 0.29) is 18.6 Å². The first-order valence-electron chi connectivity index (χ1n) is 7.36. The molecular formula is C14H24N4O3. The van der Waals surface area contributed by atoms with Gasteiger partial charge in [0.05, 0.1) is 12.1 Å². The Labute approximate surface area is 124 Å². The third-order valence-electron chi connectivity index (χ3n) is 4.09. The molecule has 0 saturated heterocycles. The number of rotatable bonds is 5. The summed E-state index contributed by atoms with van der Waals surface area (Å²) in [6, 6.07) is 0. The van der Waals surface area contributed by atoms with Gasteiger partial charge in [-0.25, -0.2) is 0 Å². The molecule has 1 saturated carbocycles. The summed E-state index contributed by atoms with van der Waals surface area (Å²) in [4.78, 5) is 18.3. The van der Waals surface area contributed by atoms with Crippen LogP contribution in [-0.4, -0.2) is 40.6 Å². The number of amides is 1. The predicted octanol–water partition coefficient (Wildman–Crippen LogP) is 1.40. The molecule has 1 aromatic rings. The van der Waals surface area contributed by atoms with E-state index in [0.29, 0.717) is 11.7 Å². The van der Waals surface area contributed by atoms with Crippen LogP contribution < -0.4 is 5.73 Å². The average Bonchev–Trinajstić information content (AvgIpc) is 2.94. The molecule has 118 valence electrons. The van der Waals surface area contributed by atoms with Gasteiger partial charge in [0.2, 0.25) is 11.8 Å². The molecule has 1 atom stereocenters. The lowest BCUT2D eigenvalue weighted by atomic mass is 9.81. The highest BCUT2D eigenvalue weighted by atomic mass is 16.5. The van der Waals surface area contributed by atoms with Crippen LogP contribution in [-0.2, 0) is 16.1 Å². The van der Waals surface area contributed by atoms with E-state index in [4.69, 9.17) is 15.0 Å². The van der Waals surface area contributed by atoms with Gasteiger partial charge >= 0.3 is 0 Å². The maximum absolute atomic E-state index is 12.5. The molecule has 0 aliphatic heterocycles. The summed E-state index contributed by atoms with van der Waals surface area (Å²) in [7, 11) is 3.30. The van der Waals surface area contributed by atoms with Gasteiger partial charge in [0.25, 0.3) is 0 Å². The lowest BCUT2D eigenvalue weighted by Crippen LogP contribution is -2.55. The van der Waals surface area contributed by atoms with Crippen LogP contribution in [0.5, 0.6) is 0 Å². The smallest absolute Gasteiger partial charge is 0.246 e. The highest BCUT2D eigenvalue weighted by Gasteiger charge is 2.37. The Morgan fingerprint density at radius 1 is 1.48 bits per heavy atom. The van der Waals surface area contributed by atoms with E-state index < -0.39 is 5.54 Å². The first-order chi connectivity index (χ1) is 9.96. The van der Waals surface area contributed by atoms with Crippen LogP contribution in [0.2, 0.25) is 0 Å². The molecule has 1 aliphatic carbocycles. The minimum Gasteiger partial charge on any atom is -0.374 e. The van der Waals surface area contributed by atoms with Crippen LogP contribution in [0.25, 0.3) is 0 Å². The number of methoxy groups -OCH3 is 1. The lowest BCUT2D eigenvalue weighted by Gasteiger charge is -2.34. The van der Waals surface area contributed by atoms with Gasteiger partial charge in [0.1, 0.15) is 6.10 Å². The first kappa shape index (κ1) is 15.9. The van der Waals surface area contributed by atoms with Crippen molar-refractivity contribution in [2.45, 2.75) is 57.2 Å². The molecule has 0 radical (unpaired) electrons. The quantitative estimate of drug-likeness (QED) is 0.882. The van der Waals surface area contributed by atoms with Gasteiger partial charge in [0, 0.05) is 14.2 Å². The molecule has 7 nitrogen and oxygen atoms in total. The van der Waals surface area contributed by atoms with Crippen molar-refractivity contribution in [3.05, 3.63) is 11.7 Å². The number of nitrogens with zero attached hydrogens (tertiary/aromatic N) is 3. The number of aromatic nitrogens is 2. The topological polar surface area (TPSA) is 94.5 Å². The molecule has 21 heavy (non-hydrogen) atoms. The second-order valence-corrected chi connectivity index (χ2v) is 5.80. The Hall–Kier alpha value is -1.47. The SMILES string of the molecule is COC(C)c1noc(CN(C)C(=O)C2(N)CCCCC2)n1. The molecule has 1 fully saturated rings. The summed E-state index contributed by atoms with van der Waals surface area (Å²) in [5.74, 6) is 0.819. The zero-order chi connectivity index (χ0) is 15.5. The van der Waals surface area contributed by atoms with Crippen LogP contribution in [0.15, 0.2) is 4.52 Å². The summed E-state index contributed by atoms with van der Waals surface area (Å²) in [5.41, 5.74) is 5.51. The van der Waals surface area contributed by atoms with Gasteiger partial charge in [-0.1, -0.05) is 24.4 Å². The number of hydrogen-bond acceptors (Lipinski definition) is 6. The summed E-state index contributed by atoms with van der Waals surface area (Å²) < 4.78 is 10.3. The van der Waals surface area contributed by atoms with Crippen molar-refractivity contribution in [3.8, 4) is 0 Å². The minimum absolute atomic E-state index is 0.0539. The second kappa shape index (κ2) is 6.53. The standard InChI is InChI=1S/C14H24N4O3/c1-10(20-3)12-16-11(21-17-12)9-18(2)13(19)14(15)7-5-4-6-8-14/h10H,4-9,15H2,1-3H3. The molecule has 2 rings (SSSR count). The normalized spacial score (nSPS) is 19.2. The minimum atomic E-state index is -0.740. The Kier molecular flexibility index (Phi) is 4.95. The molecule has 1 heterocycles. The molecule has 1 amide bonds. The molecule has 1 aromatic heterocycles. The van der Waals surface area contributed by atoms with E-state index in [2.05, 4.69) is 10.1 Å².